The van der Waals surface area contributed by atoms with Crippen LogP contribution in [0.3, 0.4) is 0 Å². The zero-order chi connectivity index (χ0) is 18.8. The zero-order valence-corrected chi connectivity index (χ0v) is 15.2. The Morgan fingerprint density at radius 3 is 2.35 bits per heavy atom. The van der Waals surface area contributed by atoms with Gasteiger partial charge in [0.1, 0.15) is 12.4 Å². The molecule has 2 rings (SSSR count). The van der Waals surface area contributed by atoms with Gasteiger partial charge < -0.3 is 14.7 Å². The largest absolute Gasteiger partial charge is 0.492 e. The van der Waals surface area contributed by atoms with Gasteiger partial charge in [-0.15, -0.1) is 0 Å². The molecule has 138 valence electrons. The number of hydrogen-bond donors (Lipinski definition) is 2. The predicted octanol–water partition coefficient (Wildman–Crippen LogP) is 3.55. The topological polar surface area (TPSA) is 74.2 Å². The van der Waals surface area contributed by atoms with Crippen molar-refractivity contribution < 1.29 is 14.6 Å². The highest BCUT2D eigenvalue weighted by atomic mass is 16.5. The molecule has 0 saturated heterocycles. The van der Waals surface area contributed by atoms with Crippen molar-refractivity contribution in [1.29, 1.82) is 0 Å². The molecule has 0 unspecified atom stereocenters. The number of nitrogens with one attached hydrogen (secondary N) is 1. The van der Waals surface area contributed by atoms with E-state index in [-0.39, 0.29) is 5.56 Å². The van der Waals surface area contributed by atoms with Crippen LogP contribution in [0, 0.1) is 0 Å². The van der Waals surface area contributed by atoms with Crippen molar-refractivity contribution in [3.05, 3.63) is 59.7 Å². The van der Waals surface area contributed by atoms with E-state index in [2.05, 4.69) is 29.3 Å². The molecule has 6 nitrogen and oxygen atoms in total. The summed E-state index contributed by atoms with van der Waals surface area (Å²) < 4.78 is 5.75. The Hall–Kier alpha value is -2.86. The van der Waals surface area contributed by atoms with E-state index in [1.807, 2.05) is 24.3 Å². The molecule has 0 saturated carbocycles. The summed E-state index contributed by atoms with van der Waals surface area (Å²) in [6.07, 6.45) is 1.70. The first-order valence-corrected chi connectivity index (χ1v) is 8.70. The molecular weight excluding hydrogens is 330 g/mol. The van der Waals surface area contributed by atoms with Crippen molar-refractivity contribution in [2.45, 2.75) is 13.8 Å². The summed E-state index contributed by atoms with van der Waals surface area (Å²) in [5, 5.41) is 13.0. The lowest BCUT2D eigenvalue weighted by molar-refractivity contribution is 0.0697. The molecule has 0 aliphatic carbocycles. The number of nitrogens with zero attached hydrogens (tertiary/aromatic N) is 2. The average Bonchev–Trinajstić information content (AvgIpc) is 2.67. The summed E-state index contributed by atoms with van der Waals surface area (Å²) in [7, 11) is 0. The van der Waals surface area contributed by atoms with Crippen LogP contribution >= 0.6 is 0 Å². The first-order valence-electron chi connectivity index (χ1n) is 8.70. The molecule has 0 spiro atoms. The molecule has 2 aromatic carbocycles. The van der Waals surface area contributed by atoms with E-state index in [4.69, 9.17) is 9.84 Å². The number of benzene rings is 2. The van der Waals surface area contributed by atoms with E-state index in [1.54, 1.807) is 18.3 Å². The van der Waals surface area contributed by atoms with Gasteiger partial charge in [0.15, 0.2) is 0 Å². The van der Waals surface area contributed by atoms with Crippen molar-refractivity contribution >= 4 is 17.9 Å². The maximum absolute atomic E-state index is 10.8. The fourth-order valence-corrected chi connectivity index (χ4v) is 2.35. The van der Waals surface area contributed by atoms with Crippen LogP contribution in [0.1, 0.15) is 29.8 Å². The first kappa shape index (κ1) is 19.5. The Morgan fingerprint density at radius 2 is 1.77 bits per heavy atom. The summed E-state index contributed by atoms with van der Waals surface area (Å²) in [5.74, 6) is -0.106. The van der Waals surface area contributed by atoms with Crippen molar-refractivity contribution in [3.8, 4) is 5.75 Å². The van der Waals surface area contributed by atoms with Crippen LogP contribution in [-0.4, -0.2) is 48.4 Å². The Labute approximate surface area is 154 Å². The van der Waals surface area contributed by atoms with Crippen LogP contribution in [0.25, 0.3) is 0 Å². The Kier molecular flexibility index (Phi) is 7.64. The van der Waals surface area contributed by atoms with E-state index < -0.39 is 5.97 Å². The monoisotopic (exact) mass is 355 g/mol. The van der Waals surface area contributed by atoms with Crippen LogP contribution < -0.4 is 10.2 Å². The Bertz CT molecular complexity index is 708. The molecule has 26 heavy (non-hydrogen) atoms. The Morgan fingerprint density at radius 1 is 1.12 bits per heavy atom. The van der Waals surface area contributed by atoms with Gasteiger partial charge >= 0.3 is 5.97 Å². The van der Waals surface area contributed by atoms with Crippen LogP contribution in [-0.2, 0) is 0 Å². The van der Waals surface area contributed by atoms with Gasteiger partial charge in [0.25, 0.3) is 0 Å². The summed E-state index contributed by atoms with van der Waals surface area (Å²) in [5.41, 5.74) is 4.78. The molecule has 2 N–H and O–H groups in total. The number of hydrogen-bond acceptors (Lipinski definition) is 5. The smallest absolute Gasteiger partial charge is 0.335 e. The number of rotatable bonds is 10. The molecule has 0 aliphatic heterocycles. The maximum atomic E-state index is 10.8. The summed E-state index contributed by atoms with van der Waals surface area (Å²) in [6, 6.07) is 14.1. The lowest BCUT2D eigenvalue weighted by Crippen LogP contribution is -2.27. The normalized spacial score (nSPS) is 11.0. The molecular formula is C20H25N3O3. The quantitative estimate of drug-likeness (QED) is 0.504. The highest BCUT2D eigenvalue weighted by Crippen LogP contribution is 2.12. The molecule has 0 heterocycles. The average molecular weight is 355 g/mol. The number of carboxylic acid groups (broad SMARTS) is 1. The highest BCUT2D eigenvalue weighted by molar-refractivity contribution is 5.88. The van der Waals surface area contributed by atoms with E-state index >= 15 is 0 Å². The van der Waals surface area contributed by atoms with Crippen LogP contribution in [0.2, 0.25) is 0 Å². The van der Waals surface area contributed by atoms with E-state index in [9.17, 15) is 4.79 Å². The third-order valence-corrected chi connectivity index (χ3v) is 3.99. The molecule has 0 aliphatic rings. The fourth-order valence-electron chi connectivity index (χ4n) is 2.35. The SMILES string of the molecule is CCN(CC)CCOc1ccc(C=NNc2ccc(C(=O)O)cc2)cc1. The third-order valence-electron chi connectivity index (χ3n) is 3.99. The number of likely N-dealkylation sites (N-methyl/N-ethyl adjacent to an activating group) is 1. The number of anilines is 1. The fraction of sp³-hybridized carbons (Fsp3) is 0.300. The van der Waals surface area contributed by atoms with Gasteiger partial charge in [-0.1, -0.05) is 13.8 Å². The van der Waals surface area contributed by atoms with Crippen LogP contribution in [0.4, 0.5) is 5.69 Å². The van der Waals surface area contributed by atoms with Crippen LogP contribution in [0.15, 0.2) is 53.6 Å². The summed E-state index contributed by atoms with van der Waals surface area (Å²) in [4.78, 5) is 13.1. The van der Waals surface area contributed by atoms with Gasteiger partial charge in [-0.05, 0) is 67.2 Å². The number of ether oxygens (including phenoxy) is 1. The van der Waals surface area contributed by atoms with Gasteiger partial charge in [-0.3, -0.25) is 5.43 Å². The molecule has 0 atom stereocenters. The van der Waals surface area contributed by atoms with Gasteiger partial charge in [0.05, 0.1) is 17.5 Å². The third kappa shape index (κ3) is 6.22. The second-order valence-electron chi connectivity index (χ2n) is 5.70. The number of carboxylic acids is 1. The molecule has 6 heteroatoms. The first-order chi connectivity index (χ1) is 12.6. The predicted molar refractivity (Wildman–Crippen MR) is 104 cm³/mol. The van der Waals surface area contributed by atoms with Crippen molar-refractivity contribution in [2.24, 2.45) is 5.10 Å². The number of aromatic carboxylic acids is 1. The van der Waals surface area contributed by atoms with Gasteiger partial charge in [-0.25, -0.2) is 4.79 Å². The zero-order valence-electron chi connectivity index (χ0n) is 15.2. The second-order valence-corrected chi connectivity index (χ2v) is 5.70. The number of hydrazone groups is 1. The Balaban J connectivity index is 1.80. The van der Waals surface area contributed by atoms with Gasteiger partial charge in [-0.2, -0.15) is 5.10 Å². The molecule has 0 amide bonds. The van der Waals surface area contributed by atoms with Crippen LogP contribution in [0.5, 0.6) is 5.75 Å². The number of carbonyl (C=O) groups is 1. The maximum Gasteiger partial charge on any atom is 0.335 e. The minimum atomic E-state index is -0.945. The van der Waals surface area contributed by atoms with Gasteiger partial charge in [0, 0.05) is 6.54 Å². The minimum absolute atomic E-state index is 0.246. The van der Waals surface area contributed by atoms with Gasteiger partial charge in [0.2, 0.25) is 0 Å². The highest BCUT2D eigenvalue weighted by Gasteiger charge is 2.01. The lowest BCUT2D eigenvalue weighted by atomic mass is 10.2. The van der Waals surface area contributed by atoms with Crippen molar-refractivity contribution in [1.82, 2.24) is 4.90 Å². The molecule has 0 bridgehead atoms. The van der Waals surface area contributed by atoms with E-state index in [0.717, 1.165) is 36.6 Å². The summed E-state index contributed by atoms with van der Waals surface area (Å²) >= 11 is 0. The minimum Gasteiger partial charge on any atom is -0.492 e. The van der Waals surface area contributed by atoms with Crippen molar-refractivity contribution in [2.75, 3.05) is 31.7 Å². The molecule has 0 aromatic heterocycles. The lowest BCUT2D eigenvalue weighted by Gasteiger charge is -2.17. The summed E-state index contributed by atoms with van der Waals surface area (Å²) in [6.45, 7) is 7.94. The standard InChI is InChI=1S/C20H25N3O3/c1-3-23(4-2)13-14-26-19-11-5-16(6-12-19)15-21-22-18-9-7-17(8-10-18)20(24)25/h5-12,15,22H,3-4,13-14H2,1-2H3,(H,24,25). The molecule has 0 radical (unpaired) electrons. The van der Waals surface area contributed by atoms with Crippen molar-refractivity contribution in [3.63, 3.8) is 0 Å². The molecule has 0 fully saturated rings. The van der Waals surface area contributed by atoms with E-state index in [1.165, 1.54) is 12.1 Å². The van der Waals surface area contributed by atoms with E-state index in [0.29, 0.717) is 6.61 Å². The molecule has 2 aromatic rings. The second kappa shape index (κ2) is 10.2.